The molecule has 3 aromatic rings. The van der Waals surface area contributed by atoms with Crippen molar-refractivity contribution >= 4 is 18.0 Å². The number of rotatable bonds is 7. The lowest BCUT2D eigenvalue weighted by Gasteiger charge is -2.31. The minimum atomic E-state index is -0.544. The summed E-state index contributed by atoms with van der Waals surface area (Å²) in [6.45, 7) is 13.5. The maximum absolute atomic E-state index is 12.5. The number of hydrogen-bond donors (Lipinski definition) is 2. The maximum Gasteiger partial charge on any atom is 0.326 e. The van der Waals surface area contributed by atoms with Crippen molar-refractivity contribution in [3.05, 3.63) is 100 Å². The number of carbonyl (C=O) groups excluding carboxylic acids is 2. The molecule has 0 saturated carbocycles. The molecule has 4 rings (SSSR count). The molecular weight excluding hydrogens is 476 g/mol. The number of amides is 3. The molecule has 198 valence electrons. The van der Waals surface area contributed by atoms with E-state index in [1.54, 1.807) is 6.08 Å². The average molecular weight is 513 g/mol. The summed E-state index contributed by atoms with van der Waals surface area (Å²) in [4.78, 5) is 24.4. The van der Waals surface area contributed by atoms with Crippen molar-refractivity contribution in [3.8, 4) is 11.5 Å². The third kappa shape index (κ3) is 6.25. The van der Waals surface area contributed by atoms with Gasteiger partial charge in [-0.1, -0.05) is 108 Å². The Morgan fingerprint density at radius 1 is 0.684 bits per heavy atom. The van der Waals surface area contributed by atoms with Gasteiger partial charge in [0.05, 0.1) is 0 Å². The molecule has 0 bridgehead atoms. The van der Waals surface area contributed by atoms with Gasteiger partial charge in [-0.25, -0.2) is 4.79 Å². The van der Waals surface area contributed by atoms with Crippen LogP contribution in [0.5, 0.6) is 11.5 Å². The Labute approximate surface area is 225 Å². The molecule has 6 heteroatoms. The van der Waals surface area contributed by atoms with Gasteiger partial charge in [0.2, 0.25) is 0 Å². The van der Waals surface area contributed by atoms with Gasteiger partial charge in [-0.05, 0) is 33.6 Å². The molecule has 2 N–H and O–H groups in total. The summed E-state index contributed by atoms with van der Waals surface area (Å²) in [6.07, 6.45) is 1.70. The zero-order chi connectivity index (χ0) is 27.5. The van der Waals surface area contributed by atoms with Crippen molar-refractivity contribution in [2.24, 2.45) is 0 Å². The van der Waals surface area contributed by atoms with Crippen LogP contribution in [0.2, 0.25) is 0 Å². The van der Waals surface area contributed by atoms with E-state index in [2.05, 4.69) is 58.2 Å². The zero-order valence-corrected chi connectivity index (χ0v) is 23.0. The smallest absolute Gasteiger partial charge is 0.326 e. The first kappa shape index (κ1) is 27.0. The number of benzene rings is 3. The van der Waals surface area contributed by atoms with Crippen LogP contribution in [0.15, 0.2) is 72.4 Å². The second-order valence-electron chi connectivity index (χ2n) is 11.6. The average Bonchev–Trinajstić information content (AvgIpc) is 3.17. The van der Waals surface area contributed by atoms with Crippen LogP contribution in [0.1, 0.15) is 69.4 Å². The van der Waals surface area contributed by atoms with Gasteiger partial charge in [-0.15, -0.1) is 0 Å². The Kier molecular flexibility index (Phi) is 7.63. The van der Waals surface area contributed by atoms with Crippen LogP contribution in [0.25, 0.3) is 6.08 Å². The summed E-state index contributed by atoms with van der Waals surface area (Å²) >= 11 is 0. The summed E-state index contributed by atoms with van der Waals surface area (Å²) in [6, 6.07) is 21.5. The number of urea groups is 1. The molecular formula is C32H36N2O4. The van der Waals surface area contributed by atoms with E-state index in [1.165, 1.54) is 0 Å². The van der Waals surface area contributed by atoms with Crippen LogP contribution in [-0.4, -0.2) is 11.9 Å². The first-order valence-corrected chi connectivity index (χ1v) is 12.8. The van der Waals surface area contributed by atoms with Crippen molar-refractivity contribution in [3.63, 3.8) is 0 Å². The van der Waals surface area contributed by atoms with Crippen molar-refractivity contribution in [2.75, 3.05) is 0 Å². The molecule has 1 aliphatic heterocycles. The molecule has 6 nitrogen and oxygen atoms in total. The first-order valence-electron chi connectivity index (χ1n) is 12.8. The summed E-state index contributed by atoms with van der Waals surface area (Å²) in [5.41, 5.74) is 4.34. The predicted molar refractivity (Wildman–Crippen MR) is 150 cm³/mol. The molecule has 3 aromatic carbocycles. The highest BCUT2D eigenvalue weighted by Crippen LogP contribution is 2.47. The number of ether oxygens (including phenoxy) is 2. The van der Waals surface area contributed by atoms with Gasteiger partial charge in [0.1, 0.15) is 18.9 Å². The van der Waals surface area contributed by atoms with Crippen molar-refractivity contribution in [1.29, 1.82) is 0 Å². The van der Waals surface area contributed by atoms with Crippen LogP contribution >= 0.6 is 0 Å². The number of carbonyl (C=O) groups is 2. The topological polar surface area (TPSA) is 76.7 Å². The Balaban J connectivity index is 1.95. The maximum atomic E-state index is 12.5. The van der Waals surface area contributed by atoms with Gasteiger partial charge in [-0.3, -0.25) is 10.1 Å². The molecule has 0 spiro atoms. The third-order valence-electron chi connectivity index (χ3n) is 6.35. The van der Waals surface area contributed by atoms with E-state index >= 15 is 0 Å². The van der Waals surface area contributed by atoms with Gasteiger partial charge in [0, 0.05) is 11.1 Å². The fourth-order valence-corrected chi connectivity index (χ4v) is 4.35. The molecule has 0 atom stereocenters. The van der Waals surface area contributed by atoms with E-state index in [1.807, 2.05) is 60.7 Å². The highest BCUT2D eigenvalue weighted by molar-refractivity contribution is 6.14. The SMILES string of the molecule is CC(C)(C)c1cc(C(C)(C)C)c(OCc2ccccc2)c(OCc2ccccc2)c1/C=C1\NC(=O)NC1=O. The van der Waals surface area contributed by atoms with E-state index in [9.17, 15) is 9.59 Å². The molecule has 38 heavy (non-hydrogen) atoms. The fourth-order valence-electron chi connectivity index (χ4n) is 4.35. The van der Waals surface area contributed by atoms with E-state index in [4.69, 9.17) is 9.47 Å². The summed E-state index contributed by atoms with van der Waals surface area (Å²) in [7, 11) is 0. The molecule has 1 aliphatic rings. The molecule has 0 radical (unpaired) electrons. The van der Waals surface area contributed by atoms with Crippen molar-refractivity contribution in [2.45, 2.75) is 65.6 Å². The lowest BCUT2D eigenvalue weighted by atomic mass is 9.77. The highest BCUT2D eigenvalue weighted by atomic mass is 16.5. The summed E-state index contributed by atoms with van der Waals surface area (Å²) in [5.74, 6) is 0.695. The molecule has 1 fully saturated rings. The molecule has 1 saturated heterocycles. The van der Waals surface area contributed by atoms with E-state index < -0.39 is 11.9 Å². The quantitative estimate of drug-likeness (QED) is 0.276. The Morgan fingerprint density at radius 3 is 1.63 bits per heavy atom. The van der Waals surface area contributed by atoms with Gasteiger partial charge >= 0.3 is 6.03 Å². The predicted octanol–water partition coefficient (Wildman–Crippen LogP) is 6.62. The number of nitrogens with one attached hydrogen (secondary N) is 2. The summed E-state index contributed by atoms with van der Waals surface area (Å²) < 4.78 is 13.1. The van der Waals surface area contributed by atoms with Crippen LogP contribution in [0.4, 0.5) is 4.79 Å². The standard InChI is InChI=1S/C32H36N2O4/c1-31(2,3)24-18-25(32(4,5)6)28(38-20-22-15-11-8-12-16-22)27(37-19-21-13-9-7-10-14-21)23(24)17-26-29(35)34-30(36)33-26/h7-18H,19-20H2,1-6H3,(H2,33,34,35,36)/b26-17-. The third-order valence-corrected chi connectivity index (χ3v) is 6.35. The highest BCUT2D eigenvalue weighted by Gasteiger charge is 2.32. The van der Waals surface area contributed by atoms with Crippen LogP contribution in [-0.2, 0) is 28.8 Å². The minimum absolute atomic E-state index is 0.169. The lowest BCUT2D eigenvalue weighted by Crippen LogP contribution is -2.22. The number of hydrogen-bond acceptors (Lipinski definition) is 4. The largest absolute Gasteiger partial charge is 0.485 e. The van der Waals surface area contributed by atoms with Gasteiger partial charge in [0.25, 0.3) is 5.91 Å². The zero-order valence-electron chi connectivity index (χ0n) is 23.0. The Morgan fingerprint density at radius 2 is 1.18 bits per heavy atom. The molecule has 3 amide bonds. The molecule has 0 aromatic heterocycles. The Bertz CT molecular complexity index is 1350. The second kappa shape index (κ2) is 10.7. The van der Waals surface area contributed by atoms with Crippen LogP contribution in [0, 0.1) is 0 Å². The van der Waals surface area contributed by atoms with E-state index in [0.29, 0.717) is 30.3 Å². The molecule has 0 aliphatic carbocycles. The van der Waals surface area contributed by atoms with Crippen LogP contribution < -0.4 is 20.1 Å². The van der Waals surface area contributed by atoms with Crippen molar-refractivity contribution in [1.82, 2.24) is 10.6 Å². The van der Waals surface area contributed by atoms with Gasteiger partial charge in [-0.2, -0.15) is 0 Å². The van der Waals surface area contributed by atoms with Crippen LogP contribution in [0.3, 0.4) is 0 Å². The monoisotopic (exact) mass is 512 g/mol. The molecule has 0 unspecified atom stereocenters. The minimum Gasteiger partial charge on any atom is -0.485 e. The summed E-state index contributed by atoms with van der Waals surface area (Å²) in [5, 5.41) is 4.91. The van der Waals surface area contributed by atoms with Gasteiger partial charge in [0.15, 0.2) is 11.5 Å². The first-order chi connectivity index (χ1) is 17.9. The Hall–Kier alpha value is -4.06. The van der Waals surface area contributed by atoms with E-state index in [-0.39, 0.29) is 16.5 Å². The van der Waals surface area contributed by atoms with E-state index in [0.717, 1.165) is 22.3 Å². The normalized spacial score (nSPS) is 14.8. The number of imide groups is 1. The van der Waals surface area contributed by atoms with Gasteiger partial charge < -0.3 is 14.8 Å². The molecule has 1 heterocycles. The second-order valence-corrected chi connectivity index (χ2v) is 11.6. The lowest BCUT2D eigenvalue weighted by molar-refractivity contribution is -0.115. The van der Waals surface area contributed by atoms with Crippen molar-refractivity contribution < 1.29 is 19.1 Å². The fraction of sp³-hybridized carbons (Fsp3) is 0.312.